The molecule has 6 rings (SSSR count). The Kier molecular flexibility index (Phi) is 14.2. The second-order valence-corrected chi connectivity index (χ2v) is 16.5. The van der Waals surface area contributed by atoms with Gasteiger partial charge in [-0.25, -0.2) is 10.9 Å². The van der Waals surface area contributed by atoms with Gasteiger partial charge in [-0.15, -0.1) is 0 Å². The molecular weight excluding hydrogens is 773 g/mol. The van der Waals surface area contributed by atoms with Gasteiger partial charge in [-0.1, -0.05) is 110 Å². The topological polar surface area (TPSA) is 169 Å². The molecule has 0 spiro atoms. The summed E-state index contributed by atoms with van der Waals surface area (Å²) in [6.45, 7) is 16.7. The highest BCUT2D eigenvalue weighted by atomic mass is 16.7. The molecule has 4 amide bonds. The molecule has 0 fully saturated rings. The third-order valence-corrected chi connectivity index (χ3v) is 10.6. The highest BCUT2D eigenvalue weighted by Gasteiger charge is 2.35. The first-order valence-electron chi connectivity index (χ1n) is 21.0. The lowest BCUT2D eigenvalue weighted by Gasteiger charge is -2.29. The Morgan fingerprint density at radius 3 is 1.56 bits per heavy atom. The maximum Gasteiger partial charge on any atom is 0.240 e. The van der Waals surface area contributed by atoms with Crippen LogP contribution in [0.1, 0.15) is 144 Å². The number of nitrogens with zero attached hydrogens (tertiary/aromatic N) is 2. The number of carbonyl (C=O) groups excluding carboxylic acids is 4. The van der Waals surface area contributed by atoms with Gasteiger partial charge in [0.25, 0.3) is 0 Å². The van der Waals surface area contributed by atoms with E-state index in [0.717, 1.165) is 33.6 Å². The van der Waals surface area contributed by atoms with Crippen molar-refractivity contribution in [2.75, 3.05) is 17.4 Å². The van der Waals surface area contributed by atoms with Crippen LogP contribution in [0.25, 0.3) is 0 Å². The molecule has 4 aromatic carbocycles. The minimum absolute atomic E-state index is 0.0689. The molecule has 13 nitrogen and oxygen atoms in total. The molecule has 1 atom stereocenters. The van der Waals surface area contributed by atoms with Crippen molar-refractivity contribution in [3.8, 4) is 17.2 Å². The van der Waals surface area contributed by atoms with Gasteiger partial charge in [-0.3, -0.25) is 19.2 Å². The van der Waals surface area contributed by atoms with Crippen LogP contribution in [-0.2, 0) is 19.2 Å². The molecule has 61 heavy (non-hydrogen) atoms. The highest BCUT2D eigenvalue weighted by molar-refractivity contribution is 6.51. The second-order valence-electron chi connectivity index (χ2n) is 16.5. The van der Waals surface area contributed by atoms with E-state index < -0.39 is 17.9 Å². The Balaban J connectivity index is 1.22. The van der Waals surface area contributed by atoms with Gasteiger partial charge in [0.2, 0.25) is 30.4 Å². The number of anilines is 2. The molecule has 0 saturated heterocycles. The zero-order chi connectivity index (χ0) is 43.8. The Morgan fingerprint density at radius 2 is 1.03 bits per heavy atom. The summed E-state index contributed by atoms with van der Waals surface area (Å²) >= 11 is 0. The number of benzene rings is 4. The van der Waals surface area contributed by atoms with Crippen LogP contribution in [0.3, 0.4) is 0 Å². The molecule has 0 radical (unpaired) electrons. The SMILES string of the molecule is CC(C)c1cccc(C(C)C)c1NC(=O)CCC(=O)N/N=C1\C(=N/NC(=O)CCC(=O)Nc2c(C(C)C)cccc2C(C)C)[C@@H](c2ccc3c(c2)OCO3)Oc2ccccc21. The van der Waals surface area contributed by atoms with Gasteiger partial charge in [0.1, 0.15) is 17.2 Å². The summed E-state index contributed by atoms with van der Waals surface area (Å²) in [5, 5.41) is 15.2. The normalized spacial score (nSPS) is 15.6. The number of fused-ring (bicyclic) bond motifs is 2. The zero-order valence-corrected chi connectivity index (χ0v) is 36.2. The molecule has 4 aromatic rings. The molecule has 2 aliphatic heterocycles. The molecule has 320 valence electrons. The maximum absolute atomic E-state index is 13.4. The smallest absolute Gasteiger partial charge is 0.240 e. The van der Waals surface area contributed by atoms with Crippen molar-refractivity contribution >= 4 is 46.4 Å². The second kappa shape index (κ2) is 19.7. The fourth-order valence-electron chi connectivity index (χ4n) is 7.34. The molecule has 2 aliphatic rings. The predicted molar refractivity (Wildman–Crippen MR) is 238 cm³/mol. The molecule has 0 saturated carbocycles. The van der Waals surface area contributed by atoms with Crippen molar-refractivity contribution in [1.82, 2.24) is 10.9 Å². The van der Waals surface area contributed by atoms with Gasteiger partial charge in [0, 0.05) is 48.2 Å². The monoisotopic (exact) mass is 828 g/mol. The van der Waals surface area contributed by atoms with E-state index in [2.05, 4.69) is 87.1 Å². The third kappa shape index (κ3) is 10.6. The molecule has 2 heterocycles. The molecule has 0 aliphatic carbocycles. The lowest BCUT2D eigenvalue weighted by molar-refractivity contribution is -0.124. The van der Waals surface area contributed by atoms with Gasteiger partial charge in [-0.2, -0.15) is 10.2 Å². The molecular formula is C48H56N6O7. The van der Waals surface area contributed by atoms with Crippen LogP contribution in [0.4, 0.5) is 11.4 Å². The highest BCUT2D eigenvalue weighted by Crippen LogP contribution is 2.39. The number of amides is 4. The summed E-state index contributed by atoms with van der Waals surface area (Å²) in [6.07, 6.45) is -1.36. The third-order valence-electron chi connectivity index (χ3n) is 10.6. The molecule has 13 heteroatoms. The summed E-state index contributed by atoms with van der Waals surface area (Å²) in [6, 6.07) is 24.5. The van der Waals surface area contributed by atoms with Crippen LogP contribution < -0.4 is 35.7 Å². The first-order chi connectivity index (χ1) is 29.2. The maximum atomic E-state index is 13.4. The van der Waals surface area contributed by atoms with Crippen molar-refractivity contribution in [2.24, 2.45) is 10.2 Å². The van der Waals surface area contributed by atoms with Crippen molar-refractivity contribution in [1.29, 1.82) is 0 Å². The van der Waals surface area contributed by atoms with E-state index in [9.17, 15) is 19.2 Å². The summed E-state index contributed by atoms with van der Waals surface area (Å²) in [4.78, 5) is 53.2. The van der Waals surface area contributed by atoms with E-state index >= 15 is 0 Å². The van der Waals surface area contributed by atoms with Crippen LogP contribution in [0, 0.1) is 0 Å². The number of para-hydroxylation sites is 3. The summed E-state index contributed by atoms with van der Waals surface area (Å²) in [5.41, 5.74) is 12.4. The Bertz CT molecular complexity index is 2300. The average molecular weight is 829 g/mol. The first-order valence-corrected chi connectivity index (χ1v) is 21.0. The van der Waals surface area contributed by atoms with Crippen LogP contribution >= 0.6 is 0 Å². The summed E-state index contributed by atoms with van der Waals surface area (Å²) in [5.74, 6) is 0.689. The molecule has 0 bridgehead atoms. The number of hydrogen-bond donors (Lipinski definition) is 4. The van der Waals surface area contributed by atoms with Crippen molar-refractivity contribution < 1.29 is 33.4 Å². The number of carbonyl (C=O) groups is 4. The fourth-order valence-corrected chi connectivity index (χ4v) is 7.34. The van der Waals surface area contributed by atoms with Gasteiger partial charge < -0.3 is 24.8 Å². The van der Waals surface area contributed by atoms with Crippen LogP contribution in [0.2, 0.25) is 0 Å². The Labute approximate surface area is 357 Å². The van der Waals surface area contributed by atoms with Gasteiger partial charge >= 0.3 is 0 Å². The summed E-state index contributed by atoms with van der Waals surface area (Å²) in [7, 11) is 0. The Hall–Kier alpha value is -6.50. The number of ether oxygens (including phenoxy) is 3. The van der Waals surface area contributed by atoms with Gasteiger partial charge in [0.15, 0.2) is 17.6 Å². The van der Waals surface area contributed by atoms with Crippen molar-refractivity contribution in [2.45, 2.75) is 111 Å². The fraction of sp³-hybridized carbons (Fsp3) is 0.375. The van der Waals surface area contributed by atoms with Crippen LogP contribution in [0.5, 0.6) is 17.2 Å². The first kappa shape index (κ1) is 44.1. The van der Waals surface area contributed by atoms with Crippen LogP contribution in [-0.4, -0.2) is 41.8 Å². The van der Waals surface area contributed by atoms with Crippen molar-refractivity contribution in [3.05, 3.63) is 112 Å². The minimum Gasteiger partial charge on any atom is -0.478 e. The predicted octanol–water partition coefficient (Wildman–Crippen LogP) is 9.17. The number of rotatable bonds is 15. The van der Waals surface area contributed by atoms with Crippen molar-refractivity contribution in [3.63, 3.8) is 0 Å². The van der Waals surface area contributed by atoms with E-state index in [1.54, 1.807) is 36.4 Å². The number of hydrogen-bond acceptors (Lipinski definition) is 9. The lowest BCUT2D eigenvalue weighted by Crippen LogP contribution is -2.37. The zero-order valence-electron chi connectivity index (χ0n) is 36.2. The minimum atomic E-state index is -0.910. The van der Waals surface area contributed by atoms with Crippen LogP contribution in [0.15, 0.2) is 89.1 Å². The van der Waals surface area contributed by atoms with Gasteiger partial charge in [-0.05, 0) is 70.2 Å². The lowest BCUT2D eigenvalue weighted by atomic mass is 9.92. The molecule has 0 unspecified atom stereocenters. The quantitative estimate of drug-likeness (QED) is 0.0867. The summed E-state index contributed by atoms with van der Waals surface area (Å²) < 4.78 is 17.7. The number of nitrogens with one attached hydrogen (secondary N) is 4. The van der Waals surface area contributed by atoms with E-state index in [-0.39, 0.29) is 79.4 Å². The van der Waals surface area contributed by atoms with E-state index in [1.165, 1.54) is 0 Å². The average Bonchev–Trinajstić information content (AvgIpc) is 3.71. The van der Waals surface area contributed by atoms with E-state index in [0.29, 0.717) is 28.4 Å². The van der Waals surface area contributed by atoms with E-state index in [4.69, 9.17) is 14.2 Å². The Morgan fingerprint density at radius 1 is 0.557 bits per heavy atom. The molecule has 4 N–H and O–H groups in total. The van der Waals surface area contributed by atoms with E-state index in [1.807, 2.05) is 42.5 Å². The molecule has 0 aromatic heterocycles. The largest absolute Gasteiger partial charge is 0.478 e. The van der Waals surface area contributed by atoms with Gasteiger partial charge in [0.05, 0.1) is 0 Å². The standard InChI is InChI=1S/C48H56N6O7/c1-27(2)32-14-11-15-33(28(3)4)44(32)49-40(55)21-23-42(57)51-53-46-36-13-9-10-18-37(36)61-48(31-19-20-38-39(25-31)60-26-59-38)47(46)54-52-43(58)24-22-41(56)50-45-34(29(5)6)16-12-17-35(45)30(7)8/h9-20,25,27-30,48H,21-24,26H2,1-8H3,(H,49,55)(H,50,56)(H,51,57)(H,52,58)/b53-46-,54-47+/t48-/m1/s1. The number of hydrazone groups is 2.